The molecule has 20 heavy (non-hydrogen) atoms. The van der Waals surface area contributed by atoms with Crippen LogP contribution in [-0.2, 0) is 0 Å². The lowest BCUT2D eigenvalue weighted by molar-refractivity contribution is 0.216. The van der Waals surface area contributed by atoms with E-state index >= 15 is 0 Å². The van der Waals surface area contributed by atoms with E-state index in [1.807, 2.05) is 0 Å². The van der Waals surface area contributed by atoms with E-state index in [0.717, 1.165) is 0 Å². The van der Waals surface area contributed by atoms with Crippen molar-refractivity contribution in [1.82, 2.24) is 0 Å². The highest BCUT2D eigenvalue weighted by molar-refractivity contribution is 5.41. The fraction of sp³-hybridized carbons (Fsp3) is 0.133. The molecule has 0 spiro atoms. The van der Waals surface area contributed by atoms with E-state index in [1.165, 1.54) is 12.1 Å². The van der Waals surface area contributed by atoms with Crippen LogP contribution in [0.3, 0.4) is 0 Å². The van der Waals surface area contributed by atoms with Gasteiger partial charge >= 0.3 is 0 Å². The SMILES string of the molecule is N#Cc1ccc(OCCOc2ccc(N)cc2)cc1F. The van der Waals surface area contributed by atoms with Crippen molar-refractivity contribution in [2.45, 2.75) is 0 Å². The minimum Gasteiger partial charge on any atom is -0.490 e. The van der Waals surface area contributed by atoms with Crippen molar-refractivity contribution in [3.05, 3.63) is 53.8 Å². The van der Waals surface area contributed by atoms with Gasteiger partial charge in [0.05, 0.1) is 5.56 Å². The number of hydrogen-bond donors (Lipinski definition) is 1. The average molecular weight is 272 g/mol. The van der Waals surface area contributed by atoms with E-state index < -0.39 is 5.82 Å². The van der Waals surface area contributed by atoms with E-state index in [9.17, 15) is 4.39 Å². The maximum Gasteiger partial charge on any atom is 0.144 e. The van der Waals surface area contributed by atoms with Gasteiger partial charge in [-0.2, -0.15) is 5.26 Å². The molecule has 0 aliphatic rings. The van der Waals surface area contributed by atoms with Crippen molar-refractivity contribution in [2.75, 3.05) is 18.9 Å². The van der Waals surface area contributed by atoms with Crippen LogP contribution in [0.1, 0.15) is 5.56 Å². The molecule has 0 bridgehead atoms. The quantitative estimate of drug-likeness (QED) is 0.671. The Morgan fingerprint density at radius 1 is 1.00 bits per heavy atom. The number of ether oxygens (including phenoxy) is 2. The average Bonchev–Trinajstić information content (AvgIpc) is 2.46. The Morgan fingerprint density at radius 2 is 1.60 bits per heavy atom. The van der Waals surface area contributed by atoms with Gasteiger partial charge in [0.1, 0.15) is 36.6 Å². The Kier molecular flexibility index (Phi) is 4.40. The number of nitrogens with zero attached hydrogens (tertiary/aromatic N) is 1. The van der Waals surface area contributed by atoms with Crippen molar-refractivity contribution in [2.24, 2.45) is 0 Å². The van der Waals surface area contributed by atoms with Crippen molar-refractivity contribution in [1.29, 1.82) is 5.26 Å². The number of hydrogen-bond acceptors (Lipinski definition) is 4. The first-order valence-electron chi connectivity index (χ1n) is 6.00. The zero-order chi connectivity index (χ0) is 14.4. The van der Waals surface area contributed by atoms with E-state index in [0.29, 0.717) is 23.8 Å². The summed E-state index contributed by atoms with van der Waals surface area (Å²) in [4.78, 5) is 0. The molecule has 2 aromatic carbocycles. The summed E-state index contributed by atoms with van der Waals surface area (Å²) in [5.74, 6) is 0.459. The lowest BCUT2D eigenvalue weighted by Gasteiger charge is -2.08. The summed E-state index contributed by atoms with van der Waals surface area (Å²) in [7, 11) is 0. The first-order chi connectivity index (χ1) is 9.69. The predicted octanol–water partition coefficient (Wildman–Crippen LogP) is 2.74. The van der Waals surface area contributed by atoms with Crippen LogP contribution in [0.2, 0.25) is 0 Å². The number of benzene rings is 2. The van der Waals surface area contributed by atoms with Gasteiger partial charge in [-0.25, -0.2) is 4.39 Å². The lowest BCUT2D eigenvalue weighted by Crippen LogP contribution is -2.09. The molecule has 0 unspecified atom stereocenters. The molecule has 0 heterocycles. The van der Waals surface area contributed by atoms with E-state index in [1.54, 1.807) is 36.4 Å². The molecule has 0 aliphatic heterocycles. The first-order valence-corrected chi connectivity index (χ1v) is 6.00. The second kappa shape index (κ2) is 6.43. The van der Waals surface area contributed by atoms with Gasteiger partial charge in [0.25, 0.3) is 0 Å². The zero-order valence-corrected chi connectivity index (χ0v) is 10.7. The third kappa shape index (κ3) is 3.62. The molecule has 0 radical (unpaired) electrons. The molecule has 0 saturated carbocycles. The van der Waals surface area contributed by atoms with Crippen LogP contribution < -0.4 is 15.2 Å². The van der Waals surface area contributed by atoms with Gasteiger partial charge in [-0.15, -0.1) is 0 Å². The minimum atomic E-state index is -0.593. The van der Waals surface area contributed by atoms with Gasteiger partial charge in [0, 0.05) is 11.8 Å². The number of halogens is 1. The van der Waals surface area contributed by atoms with Crippen molar-refractivity contribution >= 4 is 5.69 Å². The summed E-state index contributed by atoms with van der Waals surface area (Å²) < 4.78 is 24.1. The van der Waals surface area contributed by atoms with E-state index in [-0.39, 0.29) is 12.2 Å². The normalized spacial score (nSPS) is 9.80. The van der Waals surface area contributed by atoms with Crippen LogP contribution in [0.15, 0.2) is 42.5 Å². The second-order valence-corrected chi connectivity index (χ2v) is 4.02. The molecule has 2 N–H and O–H groups in total. The van der Waals surface area contributed by atoms with Crippen LogP contribution in [0, 0.1) is 17.1 Å². The third-order valence-corrected chi connectivity index (χ3v) is 2.56. The van der Waals surface area contributed by atoms with Gasteiger partial charge in [-0.05, 0) is 36.4 Å². The molecule has 0 fully saturated rings. The maximum atomic E-state index is 13.3. The Morgan fingerprint density at radius 3 is 2.20 bits per heavy atom. The Bertz CT molecular complexity index is 621. The molecule has 0 saturated heterocycles. The van der Waals surface area contributed by atoms with Gasteiger partial charge in [0.2, 0.25) is 0 Å². The molecular weight excluding hydrogens is 259 g/mol. The fourth-order valence-corrected chi connectivity index (χ4v) is 1.56. The number of anilines is 1. The number of nitrogens with two attached hydrogens (primary N) is 1. The molecule has 0 aromatic heterocycles. The Hall–Kier alpha value is -2.74. The van der Waals surface area contributed by atoms with Gasteiger partial charge in [0.15, 0.2) is 0 Å². The zero-order valence-electron chi connectivity index (χ0n) is 10.7. The monoisotopic (exact) mass is 272 g/mol. The summed E-state index contributed by atoms with van der Waals surface area (Å²) in [6.07, 6.45) is 0. The largest absolute Gasteiger partial charge is 0.490 e. The van der Waals surface area contributed by atoms with Gasteiger partial charge in [-0.3, -0.25) is 0 Å². The summed E-state index contributed by atoms with van der Waals surface area (Å²) in [5.41, 5.74) is 6.22. The number of rotatable bonds is 5. The van der Waals surface area contributed by atoms with Crippen LogP contribution in [0.5, 0.6) is 11.5 Å². The Balaban J connectivity index is 1.80. The van der Waals surface area contributed by atoms with Crippen molar-refractivity contribution < 1.29 is 13.9 Å². The molecular formula is C15H13FN2O2. The maximum absolute atomic E-state index is 13.3. The number of nitrogen functional groups attached to an aromatic ring is 1. The lowest BCUT2D eigenvalue weighted by atomic mass is 10.2. The van der Waals surface area contributed by atoms with Gasteiger partial charge < -0.3 is 15.2 Å². The number of nitriles is 1. The molecule has 2 aromatic rings. The molecule has 102 valence electrons. The van der Waals surface area contributed by atoms with Crippen molar-refractivity contribution in [3.8, 4) is 17.6 Å². The molecule has 5 heteroatoms. The second-order valence-electron chi connectivity index (χ2n) is 4.02. The molecule has 4 nitrogen and oxygen atoms in total. The predicted molar refractivity (Wildman–Crippen MR) is 73.0 cm³/mol. The highest BCUT2D eigenvalue weighted by Gasteiger charge is 2.03. The molecule has 0 atom stereocenters. The molecule has 0 amide bonds. The fourth-order valence-electron chi connectivity index (χ4n) is 1.56. The summed E-state index contributed by atoms with van der Waals surface area (Å²) >= 11 is 0. The minimum absolute atomic E-state index is 0.00419. The summed E-state index contributed by atoms with van der Waals surface area (Å²) in [5, 5.41) is 8.61. The van der Waals surface area contributed by atoms with E-state index in [4.69, 9.17) is 20.5 Å². The molecule has 0 aliphatic carbocycles. The third-order valence-electron chi connectivity index (χ3n) is 2.56. The van der Waals surface area contributed by atoms with Crippen LogP contribution in [0.4, 0.5) is 10.1 Å². The summed E-state index contributed by atoms with van der Waals surface area (Å²) in [6, 6.07) is 12.9. The Labute approximate surface area is 116 Å². The van der Waals surface area contributed by atoms with Crippen LogP contribution in [0.25, 0.3) is 0 Å². The topological polar surface area (TPSA) is 68.3 Å². The van der Waals surface area contributed by atoms with Crippen LogP contribution in [-0.4, -0.2) is 13.2 Å². The van der Waals surface area contributed by atoms with Crippen molar-refractivity contribution in [3.63, 3.8) is 0 Å². The first kappa shape index (κ1) is 13.7. The smallest absolute Gasteiger partial charge is 0.144 e. The van der Waals surface area contributed by atoms with E-state index in [2.05, 4.69) is 0 Å². The van der Waals surface area contributed by atoms with Gasteiger partial charge in [-0.1, -0.05) is 0 Å². The highest BCUT2D eigenvalue weighted by Crippen LogP contribution is 2.16. The standard InChI is InChI=1S/C15H13FN2O2/c16-15-9-14(4-1-11(15)10-17)20-8-7-19-13-5-2-12(18)3-6-13/h1-6,9H,7-8,18H2. The summed E-state index contributed by atoms with van der Waals surface area (Å²) in [6.45, 7) is 0.598. The molecule has 2 rings (SSSR count). The highest BCUT2D eigenvalue weighted by atomic mass is 19.1. The van der Waals surface area contributed by atoms with Crippen LogP contribution >= 0.6 is 0 Å².